The highest BCUT2D eigenvalue weighted by Crippen LogP contribution is 2.34. The number of ether oxygens (including phenoxy) is 1. The molecule has 0 spiro atoms. The number of halogens is 1. The second kappa shape index (κ2) is 7.86. The molecular formula is C15H30BrNO. The molecule has 2 atom stereocenters. The molecule has 0 radical (unpaired) electrons. The molecule has 18 heavy (non-hydrogen) atoms. The van der Waals surface area contributed by atoms with E-state index in [1.165, 1.54) is 32.2 Å². The summed E-state index contributed by atoms with van der Waals surface area (Å²) < 4.78 is 5.74. The van der Waals surface area contributed by atoms with Crippen LogP contribution in [0.25, 0.3) is 0 Å². The van der Waals surface area contributed by atoms with Crippen LogP contribution in [-0.2, 0) is 4.74 Å². The highest BCUT2D eigenvalue weighted by molar-refractivity contribution is 9.09. The van der Waals surface area contributed by atoms with Gasteiger partial charge in [-0.1, -0.05) is 42.6 Å². The summed E-state index contributed by atoms with van der Waals surface area (Å²) in [6.07, 6.45) is 5.59. The van der Waals surface area contributed by atoms with Crippen molar-refractivity contribution in [1.29, 1.82) is 0 Å². The van der Waals surface area contributed by atoms with Crippen LogP contribution in [0.15, 0.2) is 0 Å². The standard InChI is InChI=1S/C15H30BrNO/c1-5-7-15(11-16,8-6-2)12-17-9-14(4)18-10-13(17)3/h13-14H,5-12H2,1-4H3. The minimum atomic E-state index is 0.387. The fourth-order valence-corrected chi connectivity index (χ4v) is 3.88. The predicted octanol–water partition coefficient (Wildman–Crippen LogP) is 4.08. The lowest BCUT2D eigenvalue weighted by Gasteiger charge is -2.43. The van der Waals surface area contributed by atoms with E-state index in [9.17, 15) is 0 Å². The van der Waals surface area contributed by atoms with Crippen molar-refractivity contribution in [2.75, 3.05) is 25.0 Å². The van der Waals surface area contributed by atoms with Gasteiger partial charge in [0, 0.05) is 24.5 Å². The lowest BCUT2D eigenvalue weighted by Crippen LogP contribution is -2.51. The molecule has 2 nitrogen and oxygen atoms in total. The predicted molar refractivity (Wildman–Crippen MR) is 82.5 cm³/mol. The molecule has 0 saturated carbocycles. The van der Waals surface area contributed by atoms with Gasteiger partial charge in [-0.25, -0.2) is 0 Å². The van der Waals surface area contributed by atoms with Gasteiger partial charge in [0.25, 0.3) is 0 Å². The number of hydrogen-bond acceptors (Lipinski definition) is 2. The zero-order valence-electron chi connectivity index (χ0n) is 12.5. The average Bonchev–Trinajstić information content (AvgIpc) is 2.34. The van der Waals surface area contributed by atoms with E-state index in [0.29, 0.717) is 17.6 Å². The van der Waals surface area contributed by atoms with E-state index < -0.39 is 0 Å². The molecule has 1 heterocycles. The molecule has 1 rings (SSSR count). The maximum Gasteiger partial charge on any atom is 0.0674 e. The molecule has 0 aromatic heterocycles. The summed E-state index contributed by atoms with van der Waals surface area (Å²) in [6.45, 7) is 12.3. The molecule has 108 valence electrons. The van der Waals surface area contributed by atoms with Gasteiger partial charge in [0.05, 0.1) is 12.7 Å². The van der Waals surface area contributed by atoms with Crippen molar-refractivity contribution in [3.8, 4) is 0 Å². The first-order chi connectivity index (χ1) is 8.56. The van der Waals surface area contributed by atoms with Crippen molar-refractivity contribution in [3.63, 3.8) is 0 Å². The minimum Gasteiger partial charge on any atom is -0.376 e. The van der Waals surface area contributed by atoms with Crippen molar-refractivity contribution in [2.24, 2.45) is 5.41 Å². The van der Waals surface area contributed by atoms with E-state index in [-0.39, 0.29) is 0 Å². The van der Waals surface area contributed by atoms with Crippen molar-refractivity contribution in [2.45, 2.75) is 65.5 Å². The van der Waals surface area contributed by atoms with Gasteiger partial charge in [-0.2, -0.15) is 0 Å². The van der Waals surface area contributed by atoms with Gasteiger partial charge in [-0.15, -0.1) is 0 Å². The normalized spacial score (nSPS) is 26.5. The largest absolute Gasteiger partial charge is 0.376 e. The van der Waals surface area contributed by atoms with Crippen LogP contribution in [0, 0.1) is 5.41 Å². The number of hydrogen-bond donors (Lipinski definition) is 0. The monoisotopic (exact) mass is 319 g/mol. The average molecular weight is 320 g/mol. The van der Waals surface area contributed by atoms with Crippen LogP contribution in [0.5, 0.6) is 0 Å². The third-order valence-electron chi connectivity index (χ3n) is 4.12. The molecule has 0 N–H and O–H groups in total. The van der Waals surface area contributed by atoms with E-state index in [2.05, 4.69) is 48.5 Å². The van der Waals surface area contributed by atoms with Crippen LogP contribution in [0.3, 0.4) is 0 Å². The summed E-state index contributed by atoms with van der Waals surface area (Å²) in [5.41, 5.74) is 0.453. The molecule has 2 unspecified atom stereocenters. The topological polar surface area (TPSA) is 12.5 Å². The third kappa shape index (κ3) is 4.50. The Hall–Kier alpha value is 0.400. The van der Waals surface area contributed by atoms with E-state index >= 15 is 0 Å². The molecule has 1 saturated heterocycles. The first kappa shape index (κ1) is 16.5. The lowest BCUT2D eigenvalue weighted by atomic mass is 9.80. The van der Waals surface area contributed by atoms with Gasteiger partial charge in [0.15, 0.2) is 0 Å². The van der Waals surface area contributed by atoms with E-state index in [1.807, 2.05) is 0 Å². The van der Waals surface area contributed by atoms with Gasteiger partial charge in [-0.3, -0.25) is 4.90 Å². The molecule has 3 heteroatoms. The summed E-state index contributed by atoms with van der Waals surface area (Å²) in [5, 5.41) is 1.13. The van der Waals surface area contributed by atoms with Crippen LogP contribution in [0.2, 0.25) is 0 Å². The first-order valence-corrected chi connectivity index (χ1v) is 8.60. The Kier molecular flexibility index (Phi) is 7.19. The Morgan fingerprint density at radius 1 is 1.22 bits per heavy atom. The second-order valence-corrected chi connectivity index (χ2v) is 6.62. The van der Waals surface area contributed by atoms with Gasteiger partial charge < -0.3 is 4.74 Å². The summed E-state index contributed by atoms with van der Waals surface area (Å²) in [6, 6.07) is 0.563. The zero-order valence-corrected chi connectivity index (χ0v) is 14.1. The van der Waals surface area contributed by atoms with Crippen LogP contribution >= 0.6 is 15.9 Å². The van der Waals surface area contributed by atoms with Gasteiger partial charge >= 0.3 is 0 Å². The van der Waals surface area contributed by atoms with Gasteiger partial charge in [0.2, 0.25) is 0 Å². The first-order valence-electron chi connectivity index (χ1n) is 7.48. The fourth-order valence-electron chi connectivity index (χ4n) is 3.14. The minimum absolute atomic E-state index is 0.387. The van der Waals surface area contributed by atoms with Crippen molar-refractivity contribution in [3.05, 3.63) is 0 Å². The van der Waals surface area contributed by atoms with Crippen molar-refractivity contribution in [1.82, 2.24) is 4.90 Å². The highest BCUT2D eigenvalue weighted by atomic mass is 79.9. The molecule has 0 bridgehead atoms. The molecule has 1 fully saturated rings. The van der Waals surface area contributed by atoms with Crippen molar-refractivity contribution >= 4 is 15.9 Å². The van der Waals surface area contributed by atoms with E-state index in [1.54, 1.807) is 0 Å². The Bertz CT molecular complexity index is 229. The molecule has 1 aliphatic heterocycles. The zero-order chi connectivity index (χ0) is 13.6. The fraction of sp³-hybridized carbons (Fsp3) is 1.00. The molecule has 0 aromatic rings. The van der Waals surface area contributed by atoms with E-state index in [4.69, 9.17) is 4.74 Å². The number of nitrogens with zero attached hydrogens (tertiary/aromatic N) is 1. The maximum absolute atomic E-state index is 5.74. The molecule has 0 aliphatic carbocycles. The number of alkyl halides is 1. The third-order valence-corrected chi connectivity index (χ3v) is 5.31. The van der Waals surface area contributed by atoms with Crippen LogP contribution in [0.1, 0.15) is 53.4 Å². The van der Waals surface area contributed by atoms with Crippen LogP contribution < -0.4 is 0 Å². The molecular weight excluding hydrogens is 290 g/mol. The Morgan fingerprint density at radius 3 is 2.33 bits per heavy atom. The molecule has 0 aromatic carbocycles. The summed E-state index contributed by atoms with van der Waals surface area (Å²) in [4.78, 5) is 2.64. The summed E-state index contributed by atoms with van der Waals surface area (Å²) in [7, 11) is 0. The highest BCUT2D eigenvalue weighted by Gasteiger charge is 2.33. The maximum atomic E-state index is 5.74. The quantitative estimate of drug-likeness (QED) is 0.656. The van der Waals surface area contributed by atoms with E-state index in [0.717, 1.165) is 18.5 Å². The lowest BCUT2D eigenvalue weighted by molar-refractivity contribution is -0.0626. The SMILES string of the molecule is CCCC(CBr)(CCC)CN1CC(C)OCC1C. The van der Waals surface area contributed by atoms with Gasteiger partial charge in [-0.05, 0) is 32.1 Å². The Balaban J connectivity index is 2.68. The number of morpholine rings is 1. The smallest absolute Gasteiger partial charge is 0.0674 e. The summed E-state index contributed by atoms with van der Waals surface area (Å²) in [5.74, 6) is 0. The number of rotatable bonds is 7. The molecule has 1 aliphatic rings. The van der Waals surface area contributed by atoms with Crippen LogP contribution in [0.4, 0.5) is 0 Å². The Morgan fingerprint density at radius 2 is 1.83 bits per heavy atom. The summed E-state index contributed by atoms with van der Waals surface area (Å²) >= 11 is 3.78. The van der Waals surface area contributed by atoms with Gasteiger partial charge in [0.1, 0.15) is 0 Å². The van der Waals surface area contributed by atoms with Crippen LogP contribution in [-0.4, -0.2) is 42.1 Å². The Labute approximate surface area is 122 Å². The second-order valence-electron chi connectivity index (χ2n) is 6.06. The van der Waals surface area contributed by atoms with Crippen molar-refractivity contribution < 1.29 is 4.74 Å². The molecule has 0 amide bonds.